The fourth-order valence-corrected chi connectivity index (χ4v) is 2.94. The molecule has 2 unspecified atom stereocenters. The lowest BCUT2D eigenvalue weighted by Gasteiger charge is -2.38. The molecule has 12 heavy (non-hydrogen) atoms. The van der Waals surface area contributed by atoms with Crippen LogP contribution in [0.3, 0.4) is 0 Å². The highest BCUT2D eigenvalue weighted by Crippen LogP contribution is 2.56. The van der Waals surface area contributed by atoms with E-state index in [1.54, 1.807) is 0 Å². The molecule has 1 heteroatoms. The molecule has 0 aromatic heterocycles. The van der Waals surface area contributed by atoms with Gasteiger partial charge in [-0.25, -0.2) is 0 Å². The van der Waals surface area contributed by atoms with Crippen molar-refractivity contribution in [2.24, 2.45) is 16.7 Å². The van der Waals surface area contributed by atoms with E-state index in [-0.39, 0.29) is 5.41 Å². The summed E-state index contributed by atoms with van der Waals surface area (Å²) in [5.41, 5.74) is 0.354. The van der Waals surface area contributed by atoms with Gasteiger partial charge in [0.05, 0.1) is 0 Å². The molecule has 0 heterocycles. The number of carbonyl (C=O) groups is 1. The van der Waals surface area contributed by atoms with Crippen molar-refractivity contribution in [3.05, 3.63) is 0 Å². The molecule has 2 bridgehead atoms. The molecule has 2 aliphatic carbocycles. The SMILES string of the molecule is CC12CCC(C1)C(C)(C)C(=O)C2. The van der Waals surface area contributed by atoms with E-state index in [1.165, 1.54) is 19.3 Å². The normalized spacial score (nSPS) is 44.9. The zero-order chi connectivity index (χ0) is 8.98. The van der Waals surface area contributed by atoms with Crippen LogP contribution < -0.4 is 0 Å². The molecule has 1 nitrogen and oxygen atoms in total. The summed E-state index contributed by atoms with van der Waals surface area (Å²) in [6, 6.07) is 0. The quantitative estimate of drug-likeness (QED) is 0.541. The van der Waals surface area contributed by atoms with Gasteiger partial charge in [0, 0.05) is 11.8 Å². The van der Waals surface area contributed by atoms with Crippen LogP contribution in [-0.2, 0) is 4.79 Å². The summed E-state index contributed by atoms with van der Waals surface area (Å²) in [6.07, 6.45) is 4.66. The third kappa shape index (κ3) is 0.949. The molecule has 0 aromatic rings. The van der Waals surface area contributed by atoms with E-state index in [2.05, 4.69) is 20.8 Å². The third-order valence-corrected chi connectivity index (χ3v) is 4.16. The first-order chi connectivity index (χ1) is 5.44. The number of rotatable bonds is 0. The maximum absolute atomic E-state index is 11.8. The molecule has 0 aromatic carbocycles. The van der Waals surface area contributed by atoms with Crippen molar-refractivity contribution in [2.45, 2.75) is 46.5 Å². The average Bonchev–Trinajstić information content (AvgIpc) is 2.28. The minimum atomic E-state index is -0.0178. The van der Waals surface area contributed by atoms with Gasteiger partial charge in [0.1, 0.15) is 5.78 Å². The lowest BCUT2D eigenvalue weighted by atomic mass is 9.64. The monoisotopic (exact) mass is 166 g/mol. The van der Waals surface area contributed by atoms with Crippen LogP contribution in [0.5, 0.6) is 0 Å². The highest BCUT2D eigenvalue weighted by Gasteiger charge is 2.51. The number of ketones is 1. The third-order valence-electron chi connectivity index (χ3n) is 4.16. The van der Waals surface area contributed by atoms with Gasteiger partial charge in [-0.2, -0.15) is 0 Å². The van der Waals surface area contributed by atoms with E-state index >= 15 is 0 Å². The van der Waals surface area contributed by atoms with Crippen molar-refractivity contribution in [2.75, 3.05) is 0 Å². The Morgan fingerprint density at radius 2 is 2.00 bits per heavy atom. The highest BCUT2D eigenvalue weighted by molar-refractivity contribution is 5.86. The van der Waals surface area contributed by atoms with Crippen LogP contribution in [0.25, 0.3) is 0 Å². The summed E-state index contributed by atoms with van der Waals surface area (Å²) in [4.78, 5) is 11.8. The topological polar surface area (TPSA) is 17.1 Å². The van der Waals surface area contributed by atoms with Crippen LogP contribution in [0.2, 0.25) is 0 Å². The molecule has 0 saturated heterocycles. The average molecular weight is 166 g/mol. The fraction of sp³-hybridized carbons (Fsp3) is 0.909. The van der Waals surface area contributed by atoms with Gasteiger partial charge in [-0.15, -0.1) is 0 Å². The first-order valence-electron chi connectivity index (χ1n) is 4.97. The molecule has 0 radical (unpaired) electrons. The van der Waals surface area contributed by atoms with E-state index in [0.717, 1.165) is 6.42 Å². The molecular formula is C11H18O. The van der Waals surface area contributed by atoms with Gasteiger partial charge in [0.15, 0.2) is 0 Å². The Morgan fingerprint density at radius 3 is 2.67 bits per heavy atom. The Labute approximate surface area is 74.5 Å². The van der Waals surface area contributed by atoms with Crippen molar-refractivity contribution < 1.29 is 4.79 Å². The number of fused-ring (bicyclic) bond motifs is 2. The summed E-state index contributed by atoms with van der Waals surface area (Å²) in [5.74, 6) is 1.17. The molecule has 2 aliphatic rings. The molecule has 2 atom stereocenters. The van der Waals surface area contributed by atoms with Crippen molar-refractivity contribution in [3.63, 3.8) is 0 Å². The van der Waals surface area contributed by atoms with Gasteiger partial charge in [0.25, 0.3) is 0 Å². The molecule has 2 rings (SSSR count). The van der Waals surface area contributed by atoms with Crippen LogP contribution in [0.4, 0.5) is 0 Å². The standard InChI is InChI=1S/C11H18O/c1-10(2)8-4-5-11(3,6-8)7-9(10)12/h8H,4-7H2,1-3H3. The van der Waals surface area contributed by atoms with Crippen LogP contribution in [0.1, 0.15) is 46.5 Å². The summed E-state index contributed by atoms with van der Waals surface area (Å²) in [5, 5.41) is 0. The molecule has 0 spiro atoms. The second-order valence-electron chi connectivity index (χ2n) is 5.57. The number of carbonyl (C=O) groups excluding carboxylic acids is 1. The molecule has 2 fully saturated rings. The summed E-state index contributed by atoms with van der Waals surface area (Å²) < 4.78 is 0. The second-order valence-corrected chi connectivity index (χ2v) is 5.57. The van der Waals surface area contributed by atoms with E-state index < -0.39 is 0 Å². The van der Waals surface area contributed by atoms with Crippen molar-refractivity contribution in [1.82, 2.24) is 0 Å². The van der Waals surface area contributed by atoms with Gasteiger partial charge in [-0.3, -0.25) is 4.79 Å². The molecular weight excluding hydrogens is 148 g/mol. The highest BCUT2D eigenvalue weighted by atomic mass is 16.1. The van der Waals surface area contributed by atoms with E-state index in [4.69, 9.17) is 0 Å². The Morgan fingerprint density at radius 1 is 1.33 bits per heavy atom. The van der Waals surface area contributed by atoms with Gasteiger partial charge in [-0.1, -0.05) is 20.8 Å². The Hall–Kier alpha value is -0.330. The van der Waals surface area contributed by atoms with Crippen LogP contribution in [-0.4, -0.2) is 5.78 Å². The van der Waals surface area contributed by atoms with E-state index in [0.29, 0.717) is 17.1 Å². The van der Waals surface area contributed by atoms with Crippen molar-refractivity contribution in [3.8, 4) is 0 Å². The Bertz CT molecular complexity index is 229. The zero-order valence-electron chi connectivity index (χ0n) is 8.31. The predicted octanol–water partition coefficient (Wildman–Crippen LogP) is 2.79. The Balaban J connectivity index is 2.32. The first kappa shape index (κ1) is 8.28. The number of Topliss-reactive ketones (excluding diaryl/α,β-unsaturated/α-hetero) is 1. The summed E-state index contributed by atoms with van der Waals surface area (Å²) in [7, 11) is 0. The largest absolute Gasteiger partial charge is 0.299 e. The smallest absolute Gasteiger partial charge is 0.139 e. The van der Waals surface area contributed by atoms with E-state index in [9.17, 15) is 4.79 Å². The molecule has 0 N–H and O–H groups in total. The summed E-state index contributed by atoms with van der Waals surface area (Å²) in [6.45, 7) is 6.54. The first-order valence-corrected chi connectivity index (χ1v) is 4.97. The molecule has 0 aliphatic heterocycles. The maximum Gasteiger partial charge on any atom is 0.139 e. The van der Waals surface area contributed by atoms with Crippen molar-refractivity contribution in [1.29, 1.82) is 0 Å². The van der Waals surface area contributed by atoms with Crippen molar-refractivity contribution >= 4 is 5.78 Å². The number of hydrogen-bond acceptors (Lipinski definition) is 1. The molecule has 0 amide bonds. The Kier molecular flexibility index (Phi) is 1.47. The molecule has 68 valence electrons. The molecule has 2 saturated carbocycles. The van der Waals surface area contributed by atoms with Gasteiger partial charge in [0.2, 0.25) is 0 Å². The zero-order valence-corrected chi connectivity index (χ0v) is 8.31. The lowest BCUT2D eigenvalue weighted by Crippen LogP contribution is -2.39. The minimum absolute atomic E-state index is 0.0178. The van der Waals surface area contributed by atoms with E-state index in [1.807, 2.05) is 0 Å². The lowest BCUT2D eigenvalue weighted by molar-refractivity contribution is -0.134. The fourth-order valence-electron chi connectivity index (χ4n) is 2.94. The minimum Gasteiger partial charge on any atom is -0.299 e. The van der Waals surface area contributed by atoms with Crippen LogP contribution >= 0.6 is 0 Å². The van der Waals surface area contributed by atoms with Crippen LogP contribution in [0.15, 0.2) is 0 Å². The van der Waals surface area contributed by atoms with Gasteiger partial charge in [-0.05, 0) is 30.6 Å². The van der Waals surface area contributed by atoms with Crippen LogP contribution in [0, 0.1) is 16.7 Å². The van der Waals surface area contributed by atoms with Gasteiger partial charge < -0.3 is 0 Å². The van der Waals surface area contributed by atoms with Gasteiger partial charge >= 0.3 is 0 Å². The second kappa shape index (κ2) is 2.12. The predicted molar refractivity (Wildman–Crippen MR) is 48.9 cm³/mol. The maximum atomic E-state index is 11.8. The summed E-state index contributed by atoms with van der Waals surface area (Å²) >= 11 is 0. The number of hydrogen-bond donors (Lipinski definition) is 0.